The highest BCUT2D eigenvalue weighted by atomic mass is 14.9. The van der Waals surface area contributed by atoms with E-state index in [2.05, 4.69) is 22.1 Å². The highest BCUT2D eigenvalue weighted by Crippen LogP contribution is 2.35. The van der Waals surface area contributed by atoms with Crippen molar-refractivity contribution < 1.29 is 0 Å². The zero-order valence-corrected chi connectivity index (χ0v) is 8.66. The molecule has 1 heterocycles. The molecular formula is C12H15N3. The van der Waals surface area contributed by atoms with Gasteiger partial charge in [-0.3, -0.25) is 0 Å². The van der Waals surface area contributed by atoms with Gasteiger partial charge in [-0.15, -0.1) is 0 Å². The van der Waals surface area contributed by atoms with E-state index in [1.807, 2.05) is 6.07 Å². The number of hydrogen-bond donors (Lipinski definition) is 2. The molecule has 1 aliphatic carbocycles. The van der Waals surface area contributed by atoms with Crippen LogP contribution in [0.3, 0.4) is 0 Å². The van der Waals surface area contributed by atoms with Crippen molar-refractivity contribution in [2.45, 2.75) is 31.7 Å². The molecule has 0 amide bonds. The van der Waals surface area contributed by atoms with Crippen LogP contribution in [-0.2, 0) is 6.54 Å². The average molecular weight is 201 g/mol. The van der Waals surface area contributed by atoms with Crippen LogP contribution in [0.25, 0.3) is 11.0 Å². The minimum absolute atomic E-state index is 0.591. The molecular weight excluding hydrogens is 186 g/mol. The number of fused-ring (bicyclic) bond motifs is 1. The largest absolute Gasteiger partial charge is 0.342 e. The molecule has 0 radical (unpaired) electrons. The van der Waals surface area contributed by atoms with Crippen molar-refractivity contribution >= 4 is 11.0 Å². The molecule has 3 heteroatoms. The zero-order chi connectivity index (χ0) is 10.3. The van der Waals surface area contributed by atoms with Gasteiger partial charge in [0.05, 0.1) is 11.0 Å². The summed E-state index contributed by atoms with van der Waals surface area (Å²) in [6, 6.07) is 6.20. The summed E-state index contributed by atoms with van der Waals surface area (Å²) in [6.45, 7) is 0.591. The summed E-state index contributed by atoms with van der Waals surface area (Å²) in [5.41, 5.74) is 8.96. The molecule has 0 aliphatic heterocycles. The Bertz CT molecular complexity index is 483. The summed E-state index contributed by atoms with van der Waals surface area (Å²) in [4.78, 5) is 8.02. The van der Waals surface area contributed by atoms with Gasteiger partial charge in [0.2, 0.25) is 0 Å². The van der Waals surface area contributed by atoms with Gasteiger partial charge in [-0.05, 0) is 30.5 Å². The number of hydrogen-bond acceptors (Lipinski definition) is 2. The van der Waals surface area contributed by atoms with Gasteiger partial charge in [0.15, 0.2) is 0 Å². The van der Waals surface area contributed by atoms with Crippen molar-refractivity contribution in [1.82, 2.24) is 9.97 Å². The van der Waals surface area contributed by atoms with Crippen LogP contribution in [0.1, 0.15) is 36.6 Å². The third-order valence-corrected chi connectivity index (χ3v) is 3.29. The average Bonchev–Trinajstić information content (AvgIpc) is 2.56. The number of imidazole rings is 1. The molecule has 78 valence electrons. The van der Waals surface area contributed by atoms with Crippen molar-refractivity contribution in [3.8, 4) is 0 Å². The number of H-pyrrole nitrogens is 1. The lowest BCUT2D eigenvalue weighted by Gasteiger charge is -2.22. The van der Waals surface area contributed by atoms with Crippen LogP contribution in [0.15, 0.2) is 18.2 Å². The van der Waals surface area contributed by atoms with Crippen molar-refractivity contribution in [2.24, 2.45) is 5.73 Å². The Morgan fingerprint density at radius 1 is 1.40 bits per heavy atom. The molecule has 3 N–H and O–H groups in total. The fraction of sp³-hybridized carbons (Fsp3) is 0.417. The van der Waals surface area contributed by atoms with E-state index in [4.69, 9.17) is 5.73 Å². The van der Waals surface area contributed by atoms with Crippen molar-refractivity contribution in [3.63, 3.8) is 0 Å². The van der Waals surface area contributed by atoms with Crippen LogP contribution in [0.5, 0.6) is 0 Å². The molecule has 0 bridgehead atoms. The van der Waals surface area contributed by atoms with E-state index in [0.29, 0.717) is 12.5 Å². The van der Waals surface area contributed by atoms with Gasteiger partial charge >= 0.3 is 0 Å². The maximum Gasteiger partial charge on any atom is 0.110 e. The first-order chi connectivity index (χ1) is 7.36. The van der Waals surface area contributed by atoms with Crippen LogP contribution in [0, 0.1) is 0 Å². The second-order valence-corrected chi connectivity index (χ2v) is 4.31. The van der Waals surface area contributed by atoms with Gasteiger partial charge in [0.1, 0.15) is 5.82 Å². The summed E-state index contributed by atoms with van der Waals surface area (Å²) < 4.78 is 0. The number of rotatable bonds is 2. The Balaban J connectivity index is 2.04. The topological polar surface area (TPSA) is 54.7 Å². The van der Waals surface area contributed by atoms with Gasteiger partial charge in [-0.1, -0.05) is 12.5 Å². The van der Waals surface area contributed by atoms with E-state index in [1.54, 1.807) is 0 Å². The molecule has 0 spiro atoms. The number of nitrogens with two attached hydrogens (primary N) is 1. The number of nitrogens with zero attached hydrogens (tertiary/aromatic N) is 1. The van der Waals surface area contributed by atoms with Crippen molar-refractivity contribution in [2.75, 3.05) is 0 Å². The first kappa shape index (κ1) is 8.92. The lowest BCUT2D eigenvalue weighted by Crippen LogP contribution is -2.10. The summed E-state index contributed by atoms with van der Waals surface area (Å²) in [5.74, 6) is 1.82. The van der Waals surface area contributed by atoms with E-state index in [0.717, 1.165) is 22.4 Å². The van der Waals surface area contributed by atoms with Crippen LogP contribution in [0.4, 0.5) is 0 Å². The second-order valence-electron chi connectivity index (χ2n) is 4.31. The molecule has 0 atom stereocenters. The molecule has 3 nitrogen and oxygen atoms in total. The molecule has 1 fully saturated rings. The maximum absolute atomic E-state index is 5.61. The number of aromatic nitrogens is 2. The van der Waals surface area contributed by atoms with E-state index >= 15 is 0 Å². The third-order valence-electron chi connectivity index (χ3n) is 3.29. The zero-order valence-electron chi connectivity index (χ0n) is 8.66. The summed E-state index contributed by atoms with van der Waals surface area (Å²) in [5, 5.41) is 0. The highest BCUT2D eigenvalue weighted by molar-refractivity contribution is 5.76. The Labute approximate surface area is 88.7 Å². The monoisotopic (exact) mass is 201 g/mol. The van der Waals surface area contributed by atoms with Gasteiger partial charge < -0.3 is 10.7 Å². The fourth-order valence-electron chi connectivity index (χ4n) is 2.08. The summed E-state index contributed by atoms with van der Waals surface area (Å²) >= 11 is 0. The first-order valence-electron chi connectivity index (χ1n) is 5.55. The predicted octanol–water partition coefficient (Wildman–Crippen LogP) is 2.29. The summed E-state index contributed by atoms with van der Waals surface area (Å²) in [7, 11) is 0. The van der Waals surface area contributed by atoms with Crippen LogP contribution < -0.4 is 5.73 Å². The lowest BCUT2D eigenvalue weighted by molar-refractivity contribution is 0.405. The van der Waals surface area contributed by atoms with Crippen molar-refractivity contribution in [1.29, 1.82) is 0 Å². The van der Waals surface area contributed by atoms with E-state index < -0.39 is 0 Å². The predicted molar refractivity (Wildman–Crippen MR) is 60.6 cm³/mol. The molecule has 1 aromatic carbocycles. The Kier molecular flexibility index (Phi) is 1.99. The molecule has 15 heavy (non-hydrogen) atoms. The van der Waals surface area contributed by atoms with Gasteiger partial charge in [0.25, 0.3) is 0 Å². The molecule has 1 aromatic heterocycles. The molecule has 1 saturated carbocycles. The van der Waals surface area contributed by atoms with Gasteiger partial charge in [-0.2, -0.15) is 0 Å². The van der Waals surface area contributed by atoms with Gasteiger partial charge in [0, 0.05) is 12.5 Å². The number of benzene rings is 1. The van der Waals surface area contributed by atoms with Crippen LogP contribution in [0.2, 0.25) is 0 Å². The highest BCUT2D eigenvalue weighted by Gasteiger charge is 2.22. The minimum atomic E-state index is 0.591. The third kappa shape index (κ3) is 1.43. The van der Waals surface area contributed by atoms with Crippen LogP contribution in [-0.4, -0.2) is 9.97 Å². The van der Waals surface area contributed by atoms with Gasteiger partial charge in [-0.25, -0.2) is 4.98 Å². The van der Waals surface area contributed by atoms with Crippen molar-refractivity contribution in [3.05, 3.63) is 29.6 Å². The van der Waals surface area contributed by atoms with E-state index in [1.165, 1.54) is 19.3 Å². The quantitative estimate of drug-likeness (QED) is 0.783. The SMILES string of the molecule is NCc1ccc2nc(C3CCC3)[nH]c2c1. The Morgan fingerprint density at radius 2 is 2.27 bits per heavy atom. The molecule has 0 unspecified atom stereocenters. The van der Waals surface area contributed by atoms with E-state index in [-0.39, 0.29) is 0 Å². The molecule has 1 aliphatic rings. The smallest absolute Gasteiger partial charge is 0.110 e. The number of aromatic amines is 1. The first-order valence-corrected chi connectivity index (χ1v) is 5.55. The standard InChI is InChI=1S/C12H15N3/c13-7-8-4-5-10-11(6-8)15-12(14-10)9-2-1-3-9/h4-6,9H,1-3,7,13H2,(H,14,15). The van der Waals surface area contributed by atoms with Crippen LogP contribution >= 0.6 is 0 Å². The second kappa shape index (κ2) is 3.35. The Hall–Kier alpha value is -1.35. The number of nitrogens with one attached hydrogen (secondary N) is 1. The molecule has 3 rings (SSSR count). The molecule has 2 aromatic rings. The maximum atomic E-state index is 5.61. The normalized spacial score (nSPS) is 16.9. The lowest BCUT2D eigenvalue weighted by atomic mass is 9.85. The minimum Gasteiger partial charge on any atom is -0.342 e. The summed E-state index contributed by atoms with van der Waals surface area (Å²) in [6.07, 6.45) is 3.91. The Morgan fingerprint density at radius 3 is 2.93 bits per heavy atom. The fourth-order valence-corrected chi connectivity index (χ4v) is 2.08. The molecule has 0 saturated heterocycles. The van der Waals surface area contributed by atoms with E-state index in [9.17, 15) is 0 Å².